The summed E-state index contributed by atoms with van der Waals surface area (Å²) in [6.07, 6.45) is 1.60. The monoisotopic (exact) mass is 393 g/mol. The van der Waals surface area contributed by atoms with Crippen LogP contribution < -0.4 is 14.8 Å². The topological polar surface area (TPSA) is 60.7 Å². The highest BCUT2D eigenvalue weighted by Crippen LogP contribution is 2.38. The molecule has 1 N–H and O–H groups in total. The smallest absolute Gasteiger partial charge is 0.244 e. The molecular formula is C24H27NO4. The van der Waals surface area contributed by atoms with E-state index >= 15 is 0 Å². The van der Waals surface area contributed by atoms with Gasteiger partial charge in [0.15, 0.2) is 0 Å². The predicted molar refractivity (Wildman–Crippen MR) is 115 cm³/mol. The van der Waals surface area contributed by atoms with Gasteiger partial charge >= 0.3 is 0 Å². The van der Waals surface area contributed by atoms with Gasteiger partial charge in [-0.05, 0) is 51.0 Å². The molecule has 1 amide bonds. The van der Waals surface area contributed by atoms with E-state index in [1.165, 1.54) is 0 Å². The summed E-state index contributed by atoms with van der Waals surface area (Å²) in [7, 11) is 3.25. The number of aryl methyl sites for hydroxylation is 3. The Balaban J connectivity index is 1.89. The van der Waals surface area contributed by atoms with E-state index in [0.29, 0.717) is 6.54 Å². The highest BCUT2D eigenvalue weighted by atomic mass is 16.5. The zero-order chi connectivity index (χ0) is 21.1. The molecule has 0 aliphatic carbocycles. The van der Waals surface area contributed by atoms with Gasteiger partial charge in [-0.3, -0.25) is 4.79 Å². The summed E-state index contributed by atoms with van der Waals surface area (Å²) in [5, 5.41) is 3.96. The number of amides is 1. The minimum absolute atomic E-state index is 0.173. The van der Waals surface area contributed by atoms with Crippen molar-refractivity contribution in [3.05, 3.63) is 64.4 Å². The fraction of sp³-hybridized carbons (Fsp3) is 0.292. The summed E-state index contributed by atoms with van der Waals surface area (Å²) in [4.78, 5) is 12.5. The minimum Gasteiger partial charge on any atom is -0.496 e. The standard InChI is InChI=1S/C24H27NO4/c1-14(11-22(26)25-13-18-9-7-8-10-21(18)27-5)19-12-20-15(2)17(4)29-24(20)16(3)23(19)28-6/h7-12H,13H2,1-6H3,(H,25,26)/b14-11+. The van der Waals surface area contributed by atoms with Crippen molar-refractivity contribution in [1.29, 1.82) is 0 Å². The first-order chi connectivity index (χ1) is 13.9. The van der Waals surface area contributed by atoms with Crippen molar-refractivity contribution in [2.75, 3.05) is 14.2 Å². The van der Waals surface area contributed by atoms with Crippen LogP contribution in [-0.4, -0.2) is 20.1 Å². The number of furan rings is 1. The largest absolute Gasteiger partial charge is 0.496 e. The number of benzene rings is 2. The number of hydrogen-bond donors (Lipinski definition) is 1. The molecule has 0 unspecified atom stereocenters. The molecule has 0 atom stereocenters. The number of hydrogen-bond acceptors (Lipinski definition) is 4. The molecule has 0 aliphatic rings. The molecule has 3 aromatic rings. The van der Waals surface area contributed by atoms with Gasteiger partial charge in [-0.25, -0.2) is 0 Å². The second-order valence-corrected chi connectivity index (χ2v) is 7.10. The van der Waals surface area contributed by atoms with E-state index in [1.807, 2.05) is 58.0 Å². The average molecular weight is 393 g/mol. The maximum absolute atomic E-state index is 12.5. The summed E-state index contributed by atoms with van der Waals surface area (Å²) in [6, 6.07) is 9.66. The molecule has 1 aromatic heterocycles. The molecule has 0 spiro atoms. The molecule has 152 valence electrons. The average Bonchev–Trinajstić information content (AvgIpc) is 3.01. The Morgan fingerprint density at radius 3 is 2.52 bits per heavy atom. The predicted octanol–water partition coefficient (Wildman–Crippen LogP) is 5.09. The highest BCUT2D eigenvalue weighted by Gasteiger charge is 2.18. The molecule has 0 bridgehead atoms. The van der Waals surface area contributed by atoms with Gasteiger partial charge in [0, 0.05) is 34.7 Å². The maximum atomic E-state index is 12.5. The number of carbonyl (C=O) groups is 1. The van der Waals surface area contributed by atoms with Crippen molar-refractivity contribution in [3.8, 4) is 11.5 Å². The first kappa shape index (κ1) is 20.5. The molecule has 0 radical (unpaired) electrons. The molecular weight excluding hydrogens is 366 g/mol. The van der Waals surface area contributed by atoms with E-state index in [-0.39, 0.29) is 5.91 Å². The molecule has 0 saturated carbocycles. The maximum Gasteiger partial charge on any atom is 0.244 e. The van der Waals surface area contributed by atoms with Gasteiger partial charge in [-0.2, -0.15) is 0 Å². The normalized spacial score (nSPS) is 11.6. The molecule has 0 aliphatic heterocycles. The second-order valence-electron chi connectivity index (χ2n) is 7.10. The van der Waals surface area contributed by atoms with Crippen molar-refractivity contribution in [2.45, 2.75) is 34.2 Å². The summed E-state index contributed by atoms with van der Waals surface area (Å²) in [5.74, 6) is 2.19. The van der Waals surface area contributed by atoms with Crippen LogP contribution in [0.5, 0.6) is 11.5 Å². The third-order valence-corrected chi connectivity index (χ3v) is 5.27. The number of methoxy groups -OCH3 is 2. The highest BCUT2D eigenvalue weighted by molar-refractivity contribution is 5.98. The van der Waals surface area contributed by atoms with Crippen molar-refractivity contribution in [1.82, 2.24) is 5.32 Å². The number of ether oxygens (including phenoxy) is 2. The Bertz CT molecular complexity index is 1090. The van der Waals surface area contributed by atoms with Gasteiger partial charge in [0.2, 0.25) is 5.91 Å². The third-order valence-electron chi connectivity index (χ3n) is 5.27. The van der Waals surface area contributed by atoms with Crippen LogP contribution in [0.3, 0.4) is 0 Å². The van der Waals surface area contributed by atoms with E-state index in [0.717, 1.165) is 56.1 Å². The quantitative estimate of drug-likeness (QED) is 0.592. The van der Waals surface area contributed by atoms with E-state index in [9.17, 15) is 4.79 Å². The summed E-state index contributed by atoms with van der Waals surface area (Å²) >= 11 is 0. The van der Waals surface area contributed by atoms with Gasteiger partial charge in [0.25, 0.3) is 0 Å². The number of nitrogens with one attached hydrogen (secondary N) is 1. The lowest BCUT2D eigenvalue weighted by Crippen LogP contribution is -2.21. The van der Waals surface area contributed by atoms with E-state index in [2.05, 4.69) is 5.32 Å². The zero-order valence-corrected chi connectivity index (χ0v) is 17.8. The molecule has 5 nitrogen and oxygen atoms in total. The van der Waals surface area contributed by atoms with Gasteiger partial charge in [-0.15, -0.1) is 0 Å². The van der Waals surface area contributed by atoms with Gasteiger partial charge in [0.05, 0.1) is 14.2 Å². The lowest BCUT2D eigenvalue weighted by Gasteiger charge is -2.13. The van der Waals surface area contributed by atoms with Crippen molar-refractivity contribution in [3.63, 3.8) is 0 Å². The molecule has 2 aromatic carbocycles. The van der Waals surface area contributed by atoms with Crippen LogP contribution in [0, 0.1) is 20.8 Å². The fourth-order valence-corrected chi connectivity index (χ4v) is 3.52. The van der Waals surface area contributed by atoms with Gasteiger partial charge < -0.3 is 19.2 Å². The first-order valence-corrected chi connectivity index (χ1v) is 9.53. The molecule has 5 heteroatoms. The Hall–Kier alpha value is -3.21. The summed E-state index contributed by atoms with van der Waals surface area (Å²) in [5.41, 5.74) is 5.48. The molecule has 0 fully saturated rings. The molecule has 1 heterocycles. The zero-order valence-electron chi connectivity index (χ0n) is 17.8. The van der Waals surface area contributed by atoms with Gasteiger partial charge in [0.1, 0.15) is 22.8 Å². The summed E-state index contributed by atoms with van der Waals surface area (Å²) in [6.45, 7) is 8.27. The lowest BCUT2D eigenvalue weighted by atomic mass is 9.98. The summed E-state index contributed by atoms with van der Waals surface area (Å²) < 4.78 is 16.9. The third kappa shape index (κ3) is 3.99. The van der Waals surface area contributed by atoms with Crippen molar-refractivity contribution in [2.24, 2.45) is 0 Å². The number of rotatable bonds is 6. The van der Waals surface area contributed by atoms with Crippen LogP contribution in [0.2, 0.25) is 0 Å². The molecule has 29 heavy (non-hydrogen) atoms. The van der Waals surface area contributed by atoms with E-state index in [4.69, 9.17) is 13.9 Å². The molecule has 3 rings (SSSR count). The SMILES string of the molecule is COc1ccccc1CNC(=O)/C=C(\C)c1cc2c(C)c(C)oc2c(C)c1OC. The van der Waals surface area contributed by atoms with Crippen molar-refractivity contribution >= 4 is 22.4 Å². The number of allylic oxidation sites excluding steroid dienone is 1. The van der Waals surface area contributed by atoms with E-state index < -0.39 is 0 Å². The number of para-hydroxylation sites is 1. The Morgan fingerprint density at radius 2 is 1.83 bits per heavy atom. The van der Waals surface area contributed by atoms with Crippen LogP contribution >= 0.6 is 0 Å². The van der Waals surface area contributed by atoms with Crippen LogP contribution in [0.4, 0.5) is 0 Å². The lowest BCUT2D eigenvalue weighted by molar-refractivity contribution is -0.116. The minimum atomic E-state index is -0.173. The second kappa shape index (κ2) is 8.43. The Morgan fingerprint density at radius 1 is 1.10 bits per heavy atom. The number of carbonyl (C=O) groups excluding carboxylic acids is 1. The van der Waals surface area contributed by atoms with Crippen molar-refractivity contribution < 1.29 is 18.7 Å². The van der Waals surface area contributed by atoms with E-state index in [1.54, 1.807) is 20.3 Å². The van der Waals surface area contributed by atoms with Crippen LogP contribution in [0.15, 0.2) is 40.8 Å². The Kier molecular flexibility index (Phi) is 5.97. The number of fused-ring (bicyclic) bond motifs is 1. The first-order valence-electron chi connectivity index (χ1n) is 9.53. The fourth-order valence-electron chi connectivity index (χ4n) is 3.52. The Labute approximate surface area is 171 Å². The van der Waals surface area contributed by atoms with Gasteiger partial charge in [-0.1, -0.05) is 18.2 Å². The van der Waals surface area contributed by atoms with Crippen LogP contribution in [-0.2, 0) is 11.3 Å². The molecule has 0 saturated heterocycles. The van der Waals surface area contributed by atoms with Crippen LogP contribution in [0.25, 0.3) is 16.5 Å². The van der Waals surface area contributed by atoms with Crippen LogP contribution in [0.1, 0.15) is 34.9 Å².